The molecule has 2 aliphatic rings. The van der Waals surface area contributed by atoms with Gasteiger partial charge < -0.3 is 5.32 Å². The number of carbonyl (C=O) groups excluding carboxylic acids is 1. The summed E-state index contributed by atoms with van der Waals surface area (Å²) >= 11 is 17.9. The predicted octanol–water partition coefficient (Wildman–Crippen LogP) is 3.65. The second kappa shape index (κ2) is 6.65. The molecule has 3 rings (SSSR count). The van der Waals surface area contributed by atoms with Gasteiger partial charge in [0.25, 0.3) is 0 Å². The molecular weight excluding hydrogens is 395 g/mol. The summed E-state index contributed by atoms with van der Waals surface area (Å²) in [6, 6.07) is 4.41. The average Bonchev–Trinajstić information content (AvgIpc) is 3.19. The van der Waals surface area contributed by atoms with Gasteiger partial charge in [-0.25, -0.2) is 8.42 Å². The molecule has 5 nitrogen and oxygen atoms in total. The van der Waals surface area contributed by atoms with Crippen molar-refractivity contribution in [3.63, 3.8) is 0 Å². The highest BCUT2D eigenvalue weighted by Gasteiger charge is 2.56. The fourth-order valence-corrected chi connectivity index (χ4v) is 5.27. The fraction of sp³-hybridized carbons (Fsp3) is 0.533. The van der Waals surface area contributed by atoms with Gasteiger partial charge in [0.1, 0.15) is 9.23 Å². The first-order valence-corrected chi connectivity index (χ1v) is 10.3. The van der Waals surface area contributed by atoms with Gasteiger partial charge in [0.2, 0.25) is 15.9 Å². The summed E-state index contributed by atoms with van der Waals surface area (Å²) < 4.78 is 26.0. The van der Waals surface area contributed by atoms with E-state index in [9.17, 15) is 13.2 Å². The van der Waals surface area contributed by atoms with Crippen molar-refractivity contribution < 1.29 is 13.2 Å². The summed E-state index contributed by atoms with van der Waals surface area (Å²) in [5, 5.41) is 2.79. The fourth-order valence-electron chi connectivity index (χ4n) is 2.75. The zero-order valence-corrected chi connectivity index (χ0v) is 15.9. The number of anilines is 1. The van der Waals surface area contributed by atoms with Gasteiger partial charge in [-0.05, 0) is 37.5 Å². The molecule has 24 heavy (non-hydrogen) atoms. The second-order valence-corrected chi connectivity index (χ2v) is 9.97. The summed E-state index contributed by atoms with van der Waals surface area (Å²) in [5.41, 5.74) is 0.357. The number of rotatable bonds is 4. The van der Waals surface area contributed by atoms with Gasteiger partial charge in [0, 0.05) is 18.8 Å². The first-order chi connectivity index (χ1) is 11.2. The van der Waals surface area contributed by atoms with Crippen LogP contribution < -0.4 is 5.32 Å². The minimum absolute atomic E-state index is 0.00248. The number of nitrogens with zero attached hydrogens (tertiary/aromatic N) is 1. The first-order valence-electron chi connectivity index (χ1n) is 7.70. The van der Waals surface area contributed by atoms with E-state index in [0.717, 1.165) is 19.3 Å². The van der Waals surface area contributed by atoms with E-state index in [4.69, 9.17) is 34.8 Å². The van der Waals surface area contributed by atoms with E-state index in [1.165, 1.54) is 16.4 Å². The molecule has 1 amide bonds. The van der Waals surface area contributed by atoms with Crippen LogP contribution in [0.25, 0.3) is 0 Å². The van der Waals surface area contributed by atoms with Gasteiger partial charge in [0.15, 0.2) is 0 Å². The van der Waals surface area contributed by atoms with Crippen LogP contribution >= 0.6 is 34.8 Å². The maximum Gasteiger partial charge on any atom is 0.244 e. The Bertz CT molecular complexity index is 761. The standard InChI is InChI=1S/C15H17Cl3N2O3S/c16-12-5-4-10(19-14(21)11-9-15(11,17)18)8-13(12)24(22,23)20-6-2-1-3-7-20/h4-5,8,11H,1-3,6-7,9H2,(H,19,21)/t11-/m0/s1. The van der Waals surface area contributed by atoms with Crippen LogP contribution in [0, 0.1) is 5.92 Å². The van der Waals surface area contributed by atoms with Crippen molar-refractivity contribution in [1.29, 1.82) is 0 Å². The normalized spacial score (nSPS) is 23.7. The van der Waals surface area contributed by atoms with E-state index in [2.05, 4.69) is 5.32 Å². The number of hydrogen-bond donors (Lipinski definition) is 1. The van der Waals surface area contributed by atoms with E-state index in [-0.39, 0.29) is 15.8 Å². The Hall–Kier alpha value is -0.530. The molecule has 1 aliphatic heterocycles. The van der Waals surface area contributed by atoms with Crippen molar-refractivity contribution >= 4 is 56.4 Å². The zero-order valence-electron chi connectivity index (χ0n) is 12.8. The lowest BCUT2D eigenvalue weighted by molar-refractivity contribution is -0.117. The SMILES string of the molecule is O=C(Nc1ccc(Cl)c(S(=O)(=O)N2CCCCC2)c1)[C@@H]1CC1(Cl)Cl. The van der Waals surface area contributed by atoms with Crippen LogP contribution in [0.4, 0.5) is 5.69 Å². The molecule has 1 atom stereocenters. The number of alkyl halides is 2. The number of hydrogen-bond acceptors (Lipinski definition) is 3. The lowest BCUT2D eigenvalue weighted by Gasteiger charge is -2.26. The van der Waals surface area contributed by atoms with Gasteiger partial charge >= 0.3 is 0 Å². The lowest BCUT2D eigenvalue weighted by atomic mass is 10.2. The van der Waals surface area contributed by atoms with Crippen molar-refractivity contribution in [1.82, 2.24) is 4.31 Å². The molecule has 1 aliphatic carbocycles. The van der Waals surface area contributed by atoms with Gasteiger partial charge in [-0.1, -0.05) is 18.0 Å². The monoisotopic (exact) mass is 410 g/mol. The highest BCUT2D eigenvalue weighted by Crippen LogP contribution is 2.53. The number of piperidine rings is 1. The molecule has 1 aromatic rings. The summed E-state index contributed by atoms with van der Waals surface area (Å²) in [4.78, 5) is 12.1. The second-order valence-electron chi connectivity index (χ2n) is 6.12. The number of halogens is 3. The number of benzene rings is 1. The van der Waals surface area contributed by atoms with Gasteiger partial charge in [0.05, 0.1) is 10.9 Å². The maximum absolute atomic E-state index is 12.8. The molecule has 1 N–H and O–H groups in total. The zero-order chi connectivity index (χ0) is 17.5. The third-order valence-corrected chi connectivity index (χ3v) is 7.49. The smallest absolute Gasteiger partial charge is 0.244 e. The molecule has 1 heterocycles. The van der Waals surface area contributed by atoms with Crippen molar-refractivity contribution in [3.05, 3.63) is 23.2 Å². The Morgan fingerprint density at radius 2 is 1.83 bits per heavy atom. The summed E-state index contributed by atoms with van der Waals surface area (Å²) in [6.45, 7) is 0.969. The van der Waals surface area contributed by atoms with E-state index in [0.29, 0.717) is 25.2 Å². The molecule has 1 saturated carbocycles. The van der Waals surface area contributed by atoms with Crippen LogP contribution in [0.1, 0.15) is 25.7 Å². The van der Waals surface area contributed by atoms with Crippen molar-refractivity contribution in [2.24, 2.45) is 5.92 Å². The van der Waals surface area contributed by atoms with E-state index in [1.807, 2.05) is 0 Å². The first kappa shape index (κ1) is 18.3. The third kappa shape index (κ3) is 3.68. The highest BCUT2D eigenvalue weighted by atomic mass is 35.5. The molecule has 1 saturated heterocycles. The van der Waals surface area contributed by atoms with Crippen LogP contribution in [-0.2, 0) is 14.8 Å². The molecule has 9 heteroatoms. The van der Waals surface area contributed by atoms with Crippen LogP contribution in [0.2, 0.25) is 5.02 Å². The molecule has 2 fully saturated rings. The molecular formula is C15H17Cl3N2O3S. The van der Waals surface area contributed by atoms with Gasteiger partial charge in [-0.3, -0.25) is 4.79 Å². The molecule has 0 radical (unpaired) electrons. The minimum atomic E-state index is -3.68. The lowest BCUT2D eigenvalue weighted by Crippen LogP contribution is -2.35. The molecule has 0 spiro atoms. The van der Waals surface area contributed by atoms with Crippen molar-refractivity contribution in [3.8, 4) is 0 Å². The molecule has 1 aromatic carbocycles. The Morgan fingerprint density at radius 1 is 1.21 bits per heavy atom. The quantitative estimate of drug-likeness (QED) is 0.769. The van der Waals surface area contributed by atoms with Crippen molar-refractivity contribution in [2.75, 3.05) is 18.4 Å². The van der Waals surface area contributed by atoms with E-state index in [1.54, 1.807) is 6.07 Å². The Morgan fingerprint density at radius 3 is 2.42 bits per heavy atom. The summed E-state index contributed by atoms with van der Waals surface area (Å²) in [5.74, 6) is -0.817. The van der Waals surface area contributed by atoms with E-state index < -0.39 is 20.3 Å². The molecule has 0 unspecified atom stereocenters. The summed E-state index contributed by atoms with van der Waals surface area (Å²) in [6.07, 6.45) is 3.08. The predicted molar refractivity (Wildman–Crippen MR) is 95.2 cm³/mol. The highest BCUT2D eigenvalue weighted by molar-refractivity contribution is 7.89. The Labute approximate surface area is 156 Å². The van der Waals surface area contributed by atoms with Crippen LogP contribution in [0.3, 0.4) is 0 Å². The Balaban J connectivity index is 1.82. The average molecular weight is 412 g/mol. The number of sulfonamides is 1. The van der Waals surface area contributed by atoms with E-state index >= 15 is 0 Å². The van der Waals surface area contributed by atoms with Crippen LogP contribution in [0.15, 0.2) is 23.1 Å². The largest absolute Gasteiger partial charge is 0.326 e. The van der Waals surface area contributed by atoms with Crippen LogP contribution in [0.5, 0.6) is 0 Å². The van der Waals surface area contributed by atoms with Crippen molar-refractivity contribution in [2.45, 2.75) is 34.9 Å². The molecule has 132 valence electrons. The maximum atomic E-state index is 12.8. The topological polar surface area (TPSA) is 66.5 Å². The number of nitrogens with one attached hydrogen (secondary N) is 1. The minimum Gasteiger partial charge on any atom is -0.326 e. The third-order valence-electron chi connectivity index (χ3n) is 4.27. The summed E-state index contributed by atoms with van der Waals surface area (Å²) in [7, 11) is -3.68. The molecule has 0 bridgehead atoms. The Kier molecular flexibility index (Phi) is 5.06. The molecule has 0 aromatic heterocycles. The number of amides is 1. The number of carbonyl (C=O) groups is 1. The van der Waals surface area contributed by atoms with Crippen LogP contribution in [-0.4, -0.2) is 36.1 Å². The van der Waals surface area contributed by atoms with Gasteiger partial charge in [-0.2, -0.15) is 4.31 Å². The van der Waals surface area contributed by atoms with Gasteiger partial charge in [-0.15, -0.1) is 23.2 Å².